The Bertz CT molecular complexity index is 186. The molecule has 0 spiro atoms. The van der Waals surface area contributed by atoms with Gasteiger partial charge < -0.3 is 4.57 Å². The summed E-state index contributed by atoms with van der Waals surface area (Å²) in [4.78, 5) is 0. The van der Waals surface area contributed by atoms with Crippen LogP contribution in [0.1, 0.15) is 20.8 Å². The fraction of sp³-hybridized carbons (Fsp3) is 0.333. The van der Waals surface area contributed by atoms with Crippen molar-refractivity contribution >= 4 is 7.14 Å². The van der Waals surface area contributed by atoms with Gasteiger partial charge in [-0.05, 0) is 38.2 Å². The van der Waals surface area contributed by atoms with E-state index in [0.29, 0.717) is 0 Å². The second kappa shape index (κ2) is 5.15. The molecule has 0 aromatic heterocycles. The van der Waals surface area contributed by atoms with E-state index in [4.69, 9.17) is 0 Å². The fourth-order valence-electron chi connectivity index (χ4n) is 0.848. The van der Waals surface area contributed by atoms with Gasteiger partial charge in [0.25, 0.3) is 0 Å². The van der Waals surface area contributed by atoms with Crippen LogP contribution in [0.5, 0.6) is 0 Å². The second-order valence-electron chi connectivity index (χ2n) is 2.21. The van der Waals surface area contributed by atoms with Gasteiger partial charge in [0.1, 0.15) is 7.14 Å². The normalized spacial score (nSPS) is 14.1. The van der Waals surface area contributed by atoms with Crippen molar-refractivity contribution < 1.29 is 4.57 Å². The van der Waals surface area contributed by atoms with Gasteiger partial charge in [0.2, 0.25) is 0 Å². The summed E-state index contributed by atoms with van der Waals surface area (Å²) in [5.74, 6) is 5.23. The Morgan fingerprint density at radius 2 is 1.09 bits per heavy atom. The monoisotopic (exact) mass is 170 g/mol. The third-order valence-corrected chi connectivity index (χ3v) is 3.44. The molecule has 0 aliphatic rings. The van der Waals surface area contributed by atoms with Crippen LogP contribution in [-0.2, 0) is 4.57 Å². The second-order valence-corrected chi connectivity index (χ2v) is 4.63. The topological polar surface area (TPSA) is 17.1 Å². The van der Waals surface area contributed by atoms with E-state index in [1.165, 1.54) is 0 Å². The smallest absolute Gasteiger partial charge is 0.149 e. The van der Waals surface area contributed by atoms with E-state index in [9.17, 15) is 4.57 Å². The van der Waals surface area contributed by atoms with E-state index < -0.39 is 7.14 Å². The van der Waals surface area contributed by atoms with Crippen LogP contribution in [0, 0.1) is 0 Å². The van der Waals surface area contributed by atoms with Gasteiger partial charge in [0.15, 0.2) is 0 Å². The number of allylic oxidation sites excluding steroid dienone is 3. The molecule has 0 atom stereocenters. The molecule has 0 amide bonds. The molecule has 62 valence electrons. The molecule has 0 bridgehead atoms. The van der Waals surface area contributed by atoms with Crippen LogP contribution < -0.4 is 0 Å². The maximum absolute atomic E-state index is 11.8. The van der Waals surface area contributed by atoms with Crippen LogP contribution in [0.3, 0.4) is 0 Å². The van der Waals surface area contributed by atoms with Crippen LogP contribution in [0.2, 0.25) is 0 Å². The molecule has 1 nitrogen and oxygen atoms in total. The summed E-state index contributed by atoms with van der Waals surface area (Å²) in [7, 11) is -2.26. The molecule has 0 radical (unpaired) electrons. The van der Waals surface area contributed by atoms with Crippen LogP contribution in [0.25, 0.3) is 0 Å². The Hall–Kier alpha value is -0.550. The van der Waals surface area contributed by atoms with E-state index in [0.717, 1.165) is 0 Å². The van der Waals surface area contributed by atoms with Gasteiger partial charge in [-0.25, -0.2) is 0 Å². The molecule has 11 heavy (non-hydrogen) atoms. The van der Waals surface area contributed by atoms with Crippen molar-refractivity contribution in [1.29, 1.82) is 0 Å². The lowest BCUT2D eigenvalue weighted by molar-refractivity contribution is 0.591. The summed E-state index contributed by atoms with van der Waals surface area (Å²) < 4.78 is 11.8. The van der Waals surface area contributed by atoms with Gasteiger partial charge in [-0.2, -0.15) is 0 Å². The average molecular weight is 170 g/mol. The quantitative estimate of drug-likeness (QED) is 0.586. The molecular formula is C9H15OP. The molecule has 0 aliphatic heterocycles. The van der Waals surface area contributed by atoms with Gasteiger partial charge in [-0.1, -0.05) is 18.2 Å². The van der Waals surface area contributed by atoms with Crippen molar-refractivity contribution in [3.63, 3.8) is 0 Å². The molecule has 0 unspecified atom stereocenters. The third-order valence-electron chi connectivity index (χ3n) is 1.15. The first-order valence-corrected chi connectivity index (χ1v) is 5.60. The number of hydrogen-bond acceptors (Lipinski definition) is 1. The van der Waals surface area contributed by atoms with Crippen molar-refractivity contribution in [2.45, 2.75) is 20.8 Å². The van der Waals surface area contributed by atoms with Gasteiger partial charge in [0.05, 0.1) is 0 Å². The molecule has 0 aromatic carbocycles. The minimum Gasteiger partial charge on any atom is -0.311 e. The summed E-state index contributed by atoms with van der Waals surface area (Å²) in [6.45, 7) is 5.62. The van der Waals surface area contributed by atoms with E-state index >= 15 is 0 Å². The molecule has 2 heteroatoms. The van der Waals surface area contributed by atoms with Crippen molar-refractivity contribution in [3.8, 4) is 0 Å². The standard InChI is InChI=1S/C9H15OP/c1-4-7-11(10,8-5-2)9-6-3/h4-9H,1-3H3/b7-4+,8-5+,9-6+. The first-order valence-electron chi connectivity index (χ1n) is 3.69. The highest BCUT2D eigenvalue weighted by atomic mass is 31.2. The summed E-state index contributed by atoms with van der Waals surface area (Å²) in [5.41, 5.74) is 0. The minimum atomic E-state index is -2.26. The van der Waals surface area contributed by atoms with Crippen molar-refractivity contribution in [1.82, 2.24) is 0 Å². The van der Waals surface area contributed by atoms with Crippen molar-refractivity contribution in [2.24, 2.45) is 0 Å². The van der Waals surface area contributed by atoms with Crippen molar-refractivity contribution in [3.05, 3.63) is 35.7 Å². The van der Waals surface area contributed by atoms with Crippen LogP contribution in [0.4, 0.5) is 0 Å². The average Bonchev–Trinajstić information content (AvgIpc) is 1.88. The first kappa shape index (κ1) is 10.4. The lowest BCUT2D eigenvalue weighted by atomic mass is 10.8. The summed E-state index contributed by atoms with van der Waals surface area (Å²) in [6, 6.07) is 0. The highest BCUT2D eigenvalue weighted by Crippen LogP contribution is 2.50. The Morgan fingerprint density at radius 3 is 1.27 bits per heavy atom. The van der Waals surface area contributed by atoms with Crippen molar-refractivity contribution in [2.75, 3.05) is 0 Å². The largest absolute Gasteiger partial charge is 0.311 e. The van der Waals surface area contributed by atoms with Crippen LogP contribution >= 0.6 is 7.14 Å². The molecule has 0 N–H and O–H groups in total. The molecule has 0 heterocycles. The summed E-state index contributed by atoms with van der Waals surface area (Å²) in [5, 5.41) is 0. The van der Waals surface area contributed by atoms with Gasteiger partial charge in [-0.15, -0.1) is 0 Å². The lowest BCUT2D eigenvalue weighted by Crippen LogP contribution is -1.63. The van der Waals surface area contributed by atoms with Crippen LogP contribution in [-0.4, -0.2) is 0 Å². The lowest BCUT2D eigenvalue weighted by Gasteiger charge is -2.00. The van der Waals surface area contributed by atoms with E-state index in [-0.39, 0.29) is 0 Å². The Morgan fingerprint density at radius 1 is 0.818 bits per heavy atom. The first-order chi connectivity index (χ1) is 5.18. The van der Waals surface area contributed by atoms with E-state index in [2.05, 4.69) is 0 Å². The van der Waals surface area contributed by atoms with E-state index in [1.807, 2.05) is 39.0 Å². The predicted molar refractivity (Wildman–Crippen MR) is 52.0 cm³/mol. The zero-order chi connectivity index (χ0) is 8.74. The zero-order valence-electron chi connectivity index (χ0n) is 7.32. The molecule has 0 rings (SSSR count). The number of rotatable bonds is 3. The highest BCUT2D eigenvalue weighted by Gasteiger charge is 2.06. The molecule has 0 aromatic rings. The summed E-state index contributed by atoms with van der Waals surface area (Å²) in [6.07, 6.45) is 5.46. The number of hydrogen-bond donors (Lipinski definition) is 0. The Labute approximate surface area is 68.9 Å². The molecular weight excluding hydrogens is 155 g/mol. The van der Waals surface area contributed by atoms with Gasteiger partial charge in [-0.3, -0.25) is 0 Å². The Balaban J connectivity index is 4.67. The molecule has 0 saturated carbocycles. The molecule has 0 aliphatic carbocycles. The van der Waals surface area contributed by atoms with Gasteiger partial charge >= 0.3 is 0 Å². The third kappa shape index (κ3) is 4.00. The van der Waals surface area contributed by atoms with Crippen LogP contribution in [0.15, 0.2) is 35.7 Å². The molecule has 0 saturated heterocycles. The summed E-state index contributed by atoms with van der Waals surface area (Å²) >= 11 is 0. The maximum atomic E-state index is 11.8. The van der Waals surface area contributed by atoms with E-state index in [1.54, 1.807) is 17.5 Å². The minimum absolute atomic E-state index is 1.74. The fourth-order valence-corrected chi connectivity index (χ4v) is 2.54. The predicted octanol–water partition coefficient (Wildman–Crippen LogP) is 3.95. The van der Waals surface area contributed by atoms with Gasteiger partial charge in [0, 0.05) is 0 Å². The molecule has 0 fully saturated rings. The Kier molecular flexibility index (Phi) is 4.89. The maximum Gasteiger partial charge on any atom is 0.149 e. The zero-order valence-corrected chi connectivity index (χ0v) is 8.21. The highest BCUT2D eigenvalue weighted by molar-refractivity contribution is 7.73. The SMILES string of the molecule is C/C=C/P(=O)(/C=C/C)/C=C/C.